The normalized spacial score (nSPS) is 11.8. The fourth-order valence-corrected chi connectivity index (χ4v) is 4.06. The molecule has 0 atom stereocenters. The molecule has 0 aliphatic rings. The molecule has 7 nitrogen and oxygen atoms in total. The van der Waals surface area contributed by atoms with Crippen molar-refractivity contribution in [3.63, 3.8) is 0 Å². The Balaban J connectivity index is 0.00000392. The van der Waals surface area contributed by atoms with Gasteiger partial charge in [0.05, 0.1) is 11.4 Å². The van der Waals surface area contributed by atoms with Gasteiger partial charge in [-0.2, -0.15) is 0 Å². The molecule has 28 heavy (non-hydrogen) atoms. The van der Waals surface area contributed by atoms with E-state index in [1.54, 1.807) is 35.6 Å². The average molecular weight is 537 g/mol. The maximum absolute atomic E-state index is 12.3. The largest absolute Gasteiger partial charge is 0.357 e. The van der Waals surface area contributed by atoms with Crippen molar-refractivity contribution in [1.82, 2.24) is 20.3 Å². The van der Waals surface area contributed by atoms with Crippen molar-refractivity contribution in [2.24, 2.45) is 4.99 Å². The molecular weight excluding hydrogens is 509 g/mol. The van der Waals surface area contributed by atoms with Gasteiger partial charge in [-0.1, -0.05) is 24.6 Å². The number of hydrogen-bond acceptors (Lipinski definition) is 5. The van der Waals surface area contributed by atoms with E-state index in [0.717, 1.165) is 23.5 Å². The number of sulfonamides is 1. The van der Waals surface area contributed by atoms with Crippen LogP contribution in [0.5, 0.6) is 0 Å². The van der Waals surface area contributed by atoms with E-state index in [1.807, 2.05) is 20.0 Å². The molecule has 0 amide bonds. The Morgan fingerprint density at radius 1 is 1.14 bits per heavy atom. The van der Waals surface area contributed by atoms with Gasteiger partial charge in [0.1, 0.15) is 5.01 Å². The summed E-state index contributed by atoms with van der Waals surface area (Å²) in [5.41, 5.74) is 1.02. The van der Waals surface area contributed by atoms with Gasteiger partial charge in [0.2, 0.25) is 10.0 Å². The quantitative estimate of drug-likeness (QED) is 0.198. The number of aryl methyl sites for hydroxylation is 2. The molecule has 1 heterocycles. The van der Waals surface area contributed by atoms with Gasteiger partial charge < -0.3 is 10.6 Å². The van der Waals surface area contributed by atoms with Gasteiger partial charge in [-0.05, 0) is 32.4 Å². The van der Waals surface area contributed by atoms with Crippen LogP contribution in [0.25, 0.3) is 0 Å². The fourth-order valence-electron chi connectivity index (χ4n) is 2.24. The Kier molecular flexibility index (Phi) is 10.9. The second-order valence-corrected chi connectivity index (χ2v) is 8.87. The molecule has 0 radical (unpaired) electrons. The third-order valence-electron chi connectivity index (χ3n) is 3.71. The summed E-state index contributed by atoms with van der Waals surface area (Å²) in [4.78, 5) is 10.4. The zero-order chi connectivity index (χ0) is 19.7. The fraction of sp³-hybridized carbons (Fsp3) is 0.444. The minimum atomic E-state index is -3.50. The topological polar surface area (TPSA) is 95.5 Å². The molecule has 0 spiro atoms. The molecular formula is C18H28IN5O2S2. The number of hydrogen-bond donors (Lipinski definition) is 3. The molecule has 0 unspecified atom stereocenters. The first-order valence-electron chi connectivity index (χ1n) is 8.96. The predicted octanol–water partition coefficient (Wildman–Crippen LogP) is 2.67. The summed E-state index contributed by atoms with van der Waals surface area (Å²) in [6, 6.07) is 6.78. The summed E-state index contributed by atoms with van der Waals surface area (Å²) in [6.45, 7) is 7.91. The highest BCUT2D eigenvalue weighted by molar-refractivity contribution is 14.0. The molecule has 0 saturated heterocycles. The highest BCUT2D eigenvalue weighted by atomic mass is 127. The zero-order valence-electron chi connectivity index (χ0n) is 16.4. The van der Waals surface area contributed by atoms with E-state index in [0.29, 0.717) is 19.0 Å². The van der Waals surface area contributed by atoms with Gasteiger partial charge in [0.15, 0.2) is 5.96 Å². The number of nitrogens with one attached hydrogen (secondary N) is 3. The summed E-state index contributed by atoms with van der Waals surface area (Å²) in [5, 5.41) is 7.24. The Bertz CT molecular complexity index is 851. The van der Waals surface area contributed by atoms with Gasteiger partial charge in [-0.3, -0.25) is 0 Å². The number of aliphatic imine (C=N–C) groups is 1. The molecule has 3 N–H and O–H groups in total. The van der Waals surface area contributed by atoms with E-state index >= 15 is 0 Å². The van der Waals surface area contributed by atoms with Crippen LogP contribution in [0.4, 0.5) is 0 Å². The number of nitrogens with zero attached hydrogens (tertiary/aromatic N) is 2. The Morgan fingerprint density at radius 2 is 1.86 bits per heavy atom. The van der Waals surface area contributed by atoms with E-state index in [1.165, 1.54) is 4.88 Å². The van der Waals surface area contributed by atoms with Crippen LogP contribution in [0.3, 0.4) is 0 Å². The maximum Gasteiger partial charge on any atom is 0.240 e. The van der Waals surface area contributed by atoms with Gasteiger partial charge in [0, 0.05) is 30.7 Å². The van der Waals surface area contributed by atoms with E-state index in [2.05, 4.69) is 32.3 Å². The Morgan fingerprint density at radius 3 is 2.46 bits per heavy atom. The van der Waals surface area contributed by atoms with Gasteiger partial charge >= 0.3 is 0 Å². The van der Waals surface area contributed by atoms with Crippen molar-refractivity contribution in [2.45, 2.75) is 38.6 Å². The van der Waals surface area contributed by atoms with Gasteiger partial charge in [-0.15, -0.1) is 35.3 Å². The lowest BCUT2D eigenvalue weighted by molar-refractivity contribution is 0.580. The number of benzene rings is 1. The molecule has 156 valence electrons. The lowest BCUT2D eigenvalue weighted by Crippen LogP contribution is -2.41. The highest BCUT2D eigenvalue weighted by Gasteiger charge is 2.12. The monoisotopic (exact) mass is 537 g/mol. The molecule has 0 aliphatic heterocycles. The summed E-state index contributed by atoms with van der Waals surface area (Å²) in [5.74, 6) is 0.639. The molecule has 10 heteroatoms. The van der Waals surface area contributed by atoms with Crippen molar-refractivity contribution in [2.75, 3.05) is 19.6 Å². The number of aromatic nitrogens is 1. The second-order valence-electron chi connectivity index (χ2n) is 5.91. The molecule has 1 aromatic carbocycles. The van der Waals surface area contributed by atoms with Crippen molar-refractivity contribution < 1.29 is 8.42 Å². The van der Waals surface area contributed by atoms with Gasteiger partial charge in [0.25, 0.3) is 0 Å². The second kappa shape index (κ2) is 12.3. The highest BCUT2D eigenvalue weighted by Crippen LogP contribution is 2.14. The summed E-state index contributed by atoms with van der Waals surface area (Å²) >= 11 is 1.66. The van der Waals surface area contributed by atoms with E-state index in [9.17, 15) is 8.42 Å². The predicted molar refractivity (Wildman–Crippen MR) is 126 cm³/mol. The van der Waals surface area contributed by atoms with Crippen LogP contribution in [0, 0.1) is 6.92 Å². The van der Waals surface area contributed by atoms with Crippen LogP contribution in [0.1, 0.15) is 29.3 Å². The van der Waals surface area contributed by atoms with Crippen molar-refractivity contribution >= 4 is 51.3 Å². The number of rotatable bonds is 9. The van der Waals surface area contributed by atoms with E-state index < -0.39 is 10.0 Å². The molecule has 2 rings (SSSR count). The first-order valence-corrected chi connectivity index (χ1v) is 11.3. The average Bonchev–Trinajstić information content (AvgIpc) is 3.11. The third kappa shape index (κ3) is 8.02. The molecule has 2 aromatic rings. The third-order valence-corrected chi connectivity index (χ3v) is 6.31. The van der Waals surface area contributed by atoms with Crippen molar-refractivity contribution in [3.05, 3.63) is 45.9 Å². The first-order chi connectivity index (χ1) is 12.9. The molecule has 0 fully saturated rings. The Hall–Kier alpha value is -1.24. The standard InChI is InChI=1S/C18H27N5O2S2.HI/c1-4-15-12-21-17(26-15)13-22-18(19-5-2)20-10-11-23-27(24,25)16-8-6-14(3)7-9-16;/h6-9,12,23H,4-5,10-11,13H2,1-3H3,(H2,19,20,22);1H. The zero-order valence-corrected chi connectivity index (χ0v) is 20.3. The first kappa shape index (κ1) is 24.8. The van der Waals surface area contributed by atoms with Crippen LogP contribution in [-0.2, 0) is 23.0 Å². The molecule has 1 aromatic heterocycles. The van der Waals surface area contributed by atoms with Crippen molar-refractivity contribution in [3.8, 4) is 0 Å². The van der Waals surface area contributed by atoms with Crippen molar-refractivity contribution in [1.29, 1.82) is 0 Å². The van der Waals surface area contributed by atoms with Crippen LogP contribution in [0.15, 0.2) is 40.4 Å². The molecule has 0 saturated carbocycles. The SMILES string of the molecule is CCNC(=NCc1ncc(CC)s1)NCCNS(=O)(=O)c1ccc(C)cc1.I. The minimum Gasteiger partial charge on any atom is -0.357 e. The number of thiazole rings is 1. The lowest BCUT2D eigenvalue weighted by Gasteiger charge is -2.12. The van der Waals surface area contributed by atoms with E-state index in [4.69, 9.17) is 0 Å². The minimum absolute atomic E-state index is 0. The van der Waals surface area contributed by atoms with Crippen LogP contribution in [0.2, 0.25) is 0 Å². The van der Waals surface area contributed by atoms with Crippen LogP contribution in [-0.4, -0.2) is 39.0 Å². The molecule has 0 bridgehead atoms. The maximum atomic E-state index is 12.3. The summed E-state index contributed by atoms with van der Waals surface area (Å²) < 4.78 is 27.1. The number of guanidine groups is 1. The summed E-state index contributed by atoms with van der Waals surface area (Å²) in [6.07, 6.45) is 2.86. The smallest absolute Gasteiger partial charge is 0.240 e. The summed E-state index contributed by atoms with van der Waals surface area (Å²) in [7, 11) is -3.50. The van der Waals surface area contributed by atoms with Crippen LogP contribution >= 0.6 is 35.3 Å². The number of halogens is 1. The molecule has 0 aliphatic carbocycles. The van der Waals surface area contributed by atoms with Gasteiger partial charge in [-0.25, -0.2) is 23.1 Å². The van der Waals surface area contributed by atoms with Crippen LogP contribution < -0.4 is 15.4 Å². The van der Waals surface area contributed by atoms with E-state index in [-0.39, 0.29) is 35.4 Å². The lowest BCUT2D eigenvalue weighted by atomic mass is 10.2. The Labute approximate surface area is 188 Å².